The molecule has 0 atom stereocenters. The SMILES string of the molecule is CCOc1cc2occ(-c3ccc(OC)c(OC)c3)c2cc1/C(C)=C/C(=O)Nc1ccc(OC)cc1. The Labute approximate surface area is 210 Å². The molecule has 1 N–H and O–H groups in total. The van der Waals surface area contributed by atoms with Crippen molar-refractivity contribution in [2.75, 3.05) is 33.3 Å². The third-order valence-electron chi connectivity index (χ3n) is 5.80. The van der Waals surface area contributed by atoms with Crippen molar-refractivity contribution < 1.29 is 28.2 Å². The summed E-state index contributed by atoms with van der Waals surface area (Å²) in [6.07, 6.45) is 3.27. The Hall–Kier alpha value is -4.39. The number of carbonyl (C=O) groups is 1. The van der Waals surface area contributed by atoms with E-state index in [1.807, 2.05) is 44.2 Å². The van der Waals surface area contributed by atoms with Crippen LogP contribution >= 0.6 is 0 Å². The molecule has 186 valence electrons. The Morgan fingerprint density at radius 1 is 0.917 bits per heavy atom. The fourth-order valence-electron chi connectivity index (χ4n) is 3.99. The molecular weight excluding hydrogens is 458 g/mol. The molecule has 7 nitrogen and oxygen atoms in total. The number of amides is 1. The third kappa shape index (κ3) is 5.15. The number of methoxy groups -OCH3 is 3. The van der Waals surface area contributed by atoms with Gasteiger partial charge in [-0.1, -0.05) is 6.07 Å². The number of ether oxygens (including phenoxy) is 4. The number of hydrogen-bond donors (Lipinski definition) is 1. The molecule has 0 aliphatic rings. The van der Waals surface area contributed by atoms with Crippen LogP contribution in [0.5, 0.6) is 23.0 Å². The first-order valence-electron chi connectivity index (χ1n) is 11.5. The minimum atomic E-state index is -0.243. The molecule has 0 unspecified atom stereocenters. The van der Waals surface area contributed by atoms with Crippen LogP contribution < -0.4 is 24.3 Å². The van der Waals surface area contributed by atoms with E-state index >= 15 is 0 Å². The summed E-state index contributed by atoms with van der Waals surface area (Å²) in [5, 5.41) is 3.77. The van der Waals surface area contributed by atoms with E-state index in [0.29, 0.717) is 35.1 Å². The van der Waals surface area contributed by atoms with Crippen LogP contribution in [0.25, 0.3) is 27.7 Å². The van der Waals surface area contributed by atoms with Gasteiger partial charge in [-0.3, -0.25) is 4.79 Å². The first kappa shape index (κ1) is 24.7. The van der Waals surface area contributed by atoms with Crippen molar-refractivity contribution in [2.45, 2.75) is 13.8 Å². The second-order valence-corrected chi connectivity index (χ2v) is 8.04. The van der Waals surface area contributed by atoms with Crippen molar-refractivity contribution in [3.05, 3.63) is 72.5 Å². The van der Waals surface area contributed by atoms with E-state index in [0.717, 1.165) is 33.4 Å². The lowest BCUT2D eigenvalue weighted by molar-refractivity contribution is -0.111. The summed E-state index contributed by atoms with van der Waals surface area (Å²) >= 11 is 0. The molecule has 1 heterocycles. The number of hydrogen-bond acceptors (Lipinski definition) is 6. The Kier molecular flexibility index (Phi) is 7.49. The van der Waals surface area contributed by atoms with Gasteiger partial charge in [0, 0.05) is 34.3 Å². The fraction of sp³-hybridized carbons (Fsp3) is 0.207. The summed E-state index contributed by atoms with van der Waals surface area (Å²) in [6.45, 7) is 4.28. The Morgan fingerprint density at radius 3 is 2.33 bits per heavy atom. The zero-order valence-electron chi connectivity index (χ0n) is 21.0. The molecular formula is C29H29NO6. The van der Waals surface area contributed by atoms with Crippen LogP contribution in [0.15, 0.2) is 71.4 Å². The summed E-state index contributed by atoms with van der Waals surface area (Å²) in [5.74, 6) is 2.40. The van der Waals surface area contributed by atoms with E-state index in [4.69, 9.17) is 23.4 Å². The van der Waals surface area contributed by atoms with Gasteiger partial charge in [0.25, 0.3) is 0 Å². The highest BCUT2D eigenvalue weighted by Gasteiger charge is 2.17. The van der Waals surface area contributed by atoms with Gasteiger partial charge in [-0.25, -0.2) is 0 Å². The number of furan rings is 1. The highest BCUT2D eigenvalue weighted by Crippen LogP contribution is 2.40. The topological polar surface area (TPSA) is 79.2 Å². The zero-order valence-corrected chi connectivity index (χ0v) is 21.0. The number of allylic oxidation sites excluding steroid dienone is 1. The van der Waals surface area contributed by atoms with Gasteiger partial charge in [0.2, 0.25) is 5.91 Å². The number of fused-ring (bicyclic) bond motifs is 1. The smallest absolute Gasteiger partial charge is 0.248 e. The molecule has 1 aromatic heterocycles. The van der Waals surface area contributed by atoms with Crippen LogP contribution in [0.1, 0.15) is 19.4 Å². The molecule has 0 saturated heterocycles. The molecule has 7 heteroatoms. The monoisotopic (exact) mass is 487 g/mol. The summed E-state index contributed by atoms with van der Waals surface area (Å²) < 4.78 is 27.8. The summed E-state index contributed by atoms with van der Waals surface area (Å²) in [7, 11) is 4.81. The zero-order chi connectivity index (χ0) is 25.7. The van der Waals surface area contributed by atoms with Gasteiger partial charge in [-0.05, 0) is 67.4 Å². The molecule has 0 aliphatic heterocycles. The molecule has 4 aromatic rings. The van der Waals surface area contributed by atoms with Gasteiger partial charge < -0.3 is 28.7 Å². The molecule has 0 spiro atoms. The van der Waals surface area contributed by atoms with Gasteiger partial charge in [-0.2, -0.15) is 0 Å². The van der Waals surface area contributed by atoms with Crippen molar-refractivity contribution in [2.24, 2.45) is 0 Å². The fourth-order valence-corrected chi connectivity index (χ4v) is 3.99. The standard InChI is InChI=1S/C29H29NO6/c1-6-35-26-16-27-23(24(17-36-27)19-7-12-25(33-4)28(14-19)34-5)15-22(26)18(2)13-29(31)30-20-8-10-21(32-3)11-9-20/h7-17H,6H2,1-5H3,(H,30,31)/b18-13+. The Morgan fingerprint density at radius 2 is 1.67 bits per heavy atom. The predicted molar refractivity (Wildman–Crippen MR) is 141 cm³/mol. The Bertz CT molecular complexity index is 1400. The maximum absolute atomic E-state index is 12.7. The van der Waals surface area contributed by atoms with Crippen molar-refractivity contribution in [1.82, 2.24) is 0 Å². The van der Waals surface area contributed by atoms with Gasteiger partial charge in [0.1, 0.15) is 17.1 Å². The summed E-state index contributed by atoms with van der Waals surface area (Å²) in [5.41, 5.74) is 4.73. The lowest BCUT2D eigenvalue weighted by Gasteiger charge is -2.12. The van der Waals surface area contributed by atoms with E-state index in [1.165, 1.54) is 0 Å². The number of carbonyl (C=O) groups excluding carboxylic acids is 1. The van der Waals surface area contributed by atoms with Crippen LogP contribution in [0.4, 0.5) is 5.69 Å². The van der Waals surface area contributed by atoms with Crippen molar-refractivity contribution in [3.8, 4) is 34.1 Å². The van der Waals surface area contributed by atoms with E-state index in [2.05, 4.69) is 5.32 Å². The minimum absolute atomic E-state index is 0.243. The normalized spacial score (nSPS) is 11.3. The Balaban J connectivity index is 1.71. The van der Waals surface area contributed by atoms with Crippen LogP contribution in [0, 0.1) is 0 Å². The van der Waals surface area contributed by atoms with Crippen LogP contribution in [0.2, 0.25) is 0 Å². The van der Waals surface area contributed by atoms with E-state index in [9.17, 15) is 4.79 Å². The molecule has 0 fully saturated rings. The van der Waals surface area contributed by atoms with Crippen LogP contribution in [-0.4, -0.2) is 33.8 Å². The van der Waals surface area contributed by atoms with Gasteiger partial charge in [0.05, 0.1) is 34.2 Å². The van der Waals surface area contributed by atoms with E-state index in [1.54, 1.807) is 57.9 Å². The number of anilines is 1. The van der Waals surface area contributed by atoms with Crippen molar-refractivity contribution in [1.29, 1.82) is 0 Å². The molecule has 0 radical (unpaired) electrons. The lowest BCUT2D eigenvalue weighted by Crippen LogP contribution is -2.08. The van der Waals surface area contributed by atoms with Crippen molar-refractivity contribution >= 4 is 28.1 Å². The number of rotatable bonds is 9. The molecule has 0 bridgehead atoms. The third-order valence-corrected chi connectivity index (χ3v) is 5.80. The highest BCUT2D eigenvalue weighted by atomic mass is 16.5. The molecule has 0 aliphatic carbocycles. The molecule has 36 heavy (non-hydrogen) atoms. The van der Waals surface area contributed by atoms with E-state index < -0.39 is 0 Å². The van der Waals surface area contributed by atoms with Gasteiger partial charge in [0.15, 0.2) is 11.5 Å². The molecule has 3 aromatic carbocycles. The average molecular weight is 488 g/mol. The second-order valence-electron chi connectivity index (χ2n) is 8.04. The molecule has 4 rings (SSSR count). The first-order chi connectivity index (χ1) is 17.5. The van der Waals surface area contributed by atoms with E-state index in [-0.39, 0.29) is 5.91 Å². The van der Waals surface area contributed by atoms with Crippen LogP contribution in [0.3, 0.4) is 0 Å². The molecule has 0 saturated carbocycles. The summed E-state index contributed by atoms with van der Waals surface area (Å²) in [6, 6.07) is 16.7. The summed E-state index contributed by atoms with van der Waals surface area (Å²) in [4.78, 5) is 12.7. The van der Waals surface area contributed by atoms with Gasteiger partial charge in [-0.15, -0.1) is 0 Å². The quantitative estimate of drug-likeness (QED) is 0.269. The molecule has 1 amide bonds. The van der Waals surface area contributed by atoms with Crippen molar-refractivity contribution in [3.63, 3.8) is 0 Å². The van der Waals surface area contributed by atoms with Crippen LogP contribution in [-0.2, 0) is 4.79 Å². The van der Waals surface area contributed by atoms with Gasteiger partial charge >= 0.3 is 0 Å². The first-order valence-corrected chi connectivity index (χ1v) is 11.5. The predicted octanol–water partition coefficient (Wildman–Crippen LogP) is 6.57. The maximum Gasteiger partial charge on any atom is 0.248 e. The second kappa shape index (κ2) is 10.9. The minimum Gasteiger partial charge on any atom is -0.497 e. The maximum atomic E-state index is 12.7. The average Bonchev–Trinajstić information content (AvgIpc) is 3.31. The number of nitrogens with one attached hydrogen (secondary N) is 1. The number of benzene rings is 3. The largest absolute Gasteiger partial charge is 0.497 e. The lowest BCUT2D eigenvalue weighted by atomic mass is 9.99. The highest BCUT2D eigenvalue weighted by molar-refractivity contribution is 6.05.